The number of carboxylic acids is 1. The van der Waals surface area contributed by atoms with E-state index in [1.807, 2.05) is 4.90 Å². The van der Waals surface area contributed by atoms with Crippen LogP contribution in [0.2, 0.25) is 0 Å². The smallest absolute Gasteiger partial charge is 0.472 e. The number of amides is 2. The van der Waals surface area contributed by atoms with E-state index in [1.165, 1.54) is 108 Å². The van der Waals surface area contributed by atoms with Crippen LogP contribution >= 0.6 is 7.82 Å². The van der Waals surface area contributed by atoms with Gasteiger partial charge in [-0.1, -0.05) is 142 Å². The van der Waals surface area contributed by atoms with Gasteiger partial charge in [0, 0.05) is 44.1 Å². The van der Waals surface area contributed by atoms with Crippen molar-refractivity contribution in [3.05, 3.63) is 41.7 Å². The molecule has 3 atom stereocenters. The largest absolute Gasteiger partial charge is 0.480 e. The Hall–Kier alpha value is -5.50. The van der Waals surface area contributed by atoms with E-state index >= 15 is 0 Å². The molecule has 0 aliphatic carbocycles. The molecule has 21 nitrogen and oxygen atoms in total. The van der Waals surface area contributed by atoms with Crippen LogP contribution in [0.4, 0.5) is 17.5 Å². The van der Waals surface area contributed by atoms with E-state index in [-0.39, 0.29) is 61.8 Å². The molecule has 22 heteroatoms. The summed E-state index contributed by atoms with van der Waals surface area (Å²) in [6.45, 7) is 3.08. The first-order valence-electron chi connectivity index (χ1n) is 27.2. The van der Waals surface area contributed by atoms with Gasteiger partial charge in [-0.3, -0.25) is 28.2 Å². The Bertz CT molecular complexity index is 2210. The highest BCUT2D eigenvalue weighted by Gasteiger charge is 2.27. The number of anilines is 3. The Morgan fingerprint density at radius 3 is 1.81 bits per heavy atom. The Balaban J connectivity index is 1.39. The number of fused-ring (bicyclic) bond motifs is 1. The number of phosphoric acid groups is 1. The minimum Gasteiger partial charge on any atom is -0.480 e. The summed E-state index contributed by atoms with van der Waals surface area (Å²) in [5, 5.41) is 14.7. The van der Waals surface area contributed by atoms with Gasteiger partial charge in [-0.05, 0) is 43.5 Å². The van der Waals surface area contributed by atoms with Crippen molar-refractivity contribution in [2.45, 2.75) is 199 Å². The predicted octanol–water partition coefficient (Wildman–Crippen LogP) is 9.29. The number of carbonyl (C=O) groups is 5. The van der Waals surface area contributed by atoms with Gasteiger partial charge in [0.05, 0.1) is 31.6 Å². The molecule has 0 spiro atoms. The Morgan fingerprint density at radius 2 is 1.25 bits per heavy atom. The molecule has 3 rings (SSSR count). The molecular formula is C53H86N9O12P. The normalized spacial score (nSPS) is 12.9. The molecule has 8 N–H and O–H groups in total. The van der Waals surface area contributed by atoms with Crippen molar-refractivity contribution in [3.8, 4) is 0 Å². The monoisotopic (exact) mass is 1070 g/mol. The summed E-state index contributed by atoms with van der Waals surface area (Å²) >= 11 is 0. The molecule has 0 aliphatic heterocycles. The third-order valence-electron chi connectivity index (χ3n) is 12.5. The predicted molar refractivity (Wildman–Crippen MR) is 288 cm³/mol. The fraction of sp³-hybridized carbons (Fsp3) is 0.679. The lowest BCUT2D eigenvalue weighted by atomic mass is 10.1. The molecule has 2 aromatic heterocycles. The van der Waals surface area contributed by atoms with Gasteiger partial charge >= 0.3 is 25.7 Å². The zero-order valence-corrected chi connectivity index (χ0v) is 45.7. The minimum atomic E-state index is -4.74. The number of nitrogen functional groups attached to an aromatic ring is 2. The number of rotatable bonds is 43. The van der Waals surface area contributed by atoms with Gasteiger partial charge in [0.15, 0.2) is 23.1 Å². The number of unbranched alkanes of at least 4 members (excludes halogenated alkanes) is 20. The lowest BCUT2D eigenvalue weighted by molar-refractivity contribution is -0.161. The van der Waals surface area contributed by atoms with Crippen molar-refractivity contribution in [3.63, 3.8) is 0 Å². The van der Waals surface area contributed by atoms with Crippen LogP contribution in [-0.2, 0) is 48.8 Å². The Kier molecular flexibility index (Phi) is 31.7. The van der Waals surface area contributed by atoms with E-state index in [9.17, 15) is 38.5 Å². The van der Waals surface area contributed by atoms with Crippen molar-refractivity contribution >= 4 is 66.2 Å². The van der Waals surface area contributed by atoms with Crippen LogP contribution in [0.3, 0.4) is 0 Å². The minimum absolute atomic E-state index is 0.0110. The van der Waals surface area contributed by atoms with Gasteiger partial charge in [-0.25, -0.2) is 19.3 Å². The number of carboxylic acid groups (broad SMARTS) is 1. The second-order valence-corrected chi connectivity index (χ2v) is 20.6. The molecule has 2 heterocycles. The Morgan fingerprint density at radius 1 is 0.707 bits per heavy atom. The molecule has 75 heavy (non-hydrogen) atoms. The number of esters is 2. The van der Waals surface area contributed by atoms with Gasteiger partial charge in [0.1, 0.15) is 12.6 Å². The number of aliphatic carboxylic acids is 1. The van der Waals surface area contributed by atoms with Crippen molar-refractivity contribution < 1.29 is 57.1 Å². The summed E-state index contributed by atoms with van der Waals surface area (Å²) in [4.78, 5) is 92.1. The van der Waals surface area contributed by atoms with Crippen LogP contribution in [0, 0.1) is 0 Å². The summed E-state index contributed by atoms with van der Waals surface area (Å²) in [5.41, 5.74) is 13.6. The molecule has 420 valence electrons. The van der Waals surface area contributed by atoms with Crippen molar-refractivity contribution in [2.75, 3.05) is 49.8 Å². The first-order valence-corrected chi connectivity index (χ1v) is 28.7. The first-order chi connectivity index (χ1) is 36.1. The summed E-state index contributed by atoms with van der Waals surface area (Å²) in [5.74, 6) is -3.54. The van der Waals surface area contributed by atoms with E-state index in [0.717, 1.165) is 38.5 Å². The highest BCUT2D eigenvalue weighted by atomic mass is 31.2. The second kappa shape index (κ2) is 37.3. The number of phosphoric ester groups is 1. The first kappa shape index (κ1) is 63.8. The summed E-state index contributed by atoms with van der Waals surface area (Å²) in [6, 6.07) is 5.00. The van der Waals surface area contributed by atoms with Gasteiger partial charge in [-0.15, -0.1) is 0 Å². The topological polar surface area (TPSA) is 311 Å². The number of benzene rings is 1. The fourth-order valence-electron chi connectivity index (χ4n) is 8.18. The average Bonchev–Trinajstić information content (AvgIpc) is 3.38. The maximum atomic E-state index is 13.0. The molecule has 0 fully saturated rings. The molecule has 1 aromatic carbocycles. The number of nitrogens with one attached hydrogen (secondary N) is 2. The molecule has 2 amide bonds. The van der Waals surface area contributed by atoms with Gasteiger partial charge < -0.3 is 46.5 Å². The number of hydrogen-bond donors (Lipinski definition) is 6. The fourth-order valence-corrected chi connectivity index (χ4v) is 8.93. The molecule has 0 bridgehead atoms. The van der Waals surface area contributed by atoms with Crippen LogP contribution in [0.1, 0.15) is 197 Å². The lowest BCUT2D eigenvalue weighted by Crippen LogP contribution is -2.41. The lowest BCUT2D eigenvalue weighted by Gasteiger charge is -2.20. The van der Waals surface area contributed by atoms with Crippen LogP contribution in [0.15, 0.2) is 30.5 Å². The third-order valence-corrected chi connectivity index (χ3v) is 13.5. The maximum Gasteiger partial charge on any atom is 0.472 e. The van der Waals surface area contributed by atoms with E-state index in [1.54, 1.807) is 19.2 Å². The average molecular weight is 1070 g/mol. The number of ether oxygens (including phenoxy) is 2. The van der Waals surface area contributed by atoms with E-state index < -0.39 is 62.9 Å². The van der Waals surface area contributed by atoms with Crippen molar-refractivity contribution in [1.82, 2.24) is 30.6 Å². The SMILES string of the molecule is CCCCCCCCCCCCCC(=O)OCC(COP(=O)(O)OCCNC(=O)CC[C@H](NC(=O)c1ccc(N(C)Cc2cnc3nc(N)nc(N)c3n2)cc1)C(=O)O)OC(=O)CCCCCCCCCCCCC. The maximum absolute atomic E-state index is 13.0. The molecule has 3 aromatic rings. The molecule has 0 aliphatic rings. The number of aromatic nitrogens is 4. The van der Waals surface area contributed by atoms with Gasteiger partial charge in [0.25, 0.3) is 5.91 Å². The second-order valence-electron chi connectivity index (χ2n) is 19.1. The van der Waals surface area contributed by atoms with Crippen LogP contribution in [0.5, 0.6) is 0 Å². The summed E-state index contributed by atoms with van der Waals surface area (Å²) in [7, 11) is -2.94. The van der Waals surface area contributed by atoms with E-state index in [2.05, 4.69) is 44.4 Å². The van der Waals surface area contributed by atoms with E-state index in [0.29, 0.717) is 36.3 Å². The quantitative estimate of drug-likeness (QED) is 0.0175. The number of carbonyl (C=O) groups excluding carboxylic acids is 4. The molecule has 0 saturated heterocycles. The zero-order valence-electron chi connectivity index (χ0n) is 44.8. The van der Waals surface area contributed by atoms with Gasteiger partial charge in [-0.2, -0.15) is 9.97 Å². The third kappa shape index (κ3) is 28.3. The van der Waals surface area contributed by atoms with Crippen LogP contribution < -0.4 is 27.0 Å². The standard InChI is InChI=1S/C53H86N9O12P/c1-4-6-8-10-12-14-16-18-20-22-24-26-46(64)71-38-43(74-47(65)27-25-23-21-19-17-15-13-11-9-7-5-2)39-73-75(69,70)72-35-34-56-45(63)33-32-44(52(67)68)59-51(66)40-28-30-42(31-29-40)62(3)37-41-36-57-50-48(58-41)49(54)60-53(55)61-50/h28-31,36,43-44H,4-27,32-35,37-39H2,1-3H3,(H,56,63)(H,59,66)(H,67,68)(H,69,70)(H4,54,55,57,60,61)/t43?,44-/m0/s1. The van der Waals surface area contributed by atoms with Crippen LogP contribution in [-0.4, -0.2) is 105 Å². The van der Waals surface area contributed by atoms with Crippen LogP contribution in [0.25, 0.3) is 11.2 Å². The molecule has 0 radical (unpaired) electrons. The number of nitrogens with zero attached hydrogens (tertiary/aromatic N) is 5. The Labute approximate surface area is 443 Å². The van der Waals surface area contributed by atoms with Gasteiger partial charge in [0.2, 0.25) is 11.9 Å². The van der Waals surface area contributed by atoms with Crippen molar-refractivity contribution in [1.29, 1.82) is 0 Å². The molecule has 2 unspecified atom stereocenters. The van der Waals surface area contributed by atoms with E-state index in [4.69, 9.17) is 30.0 Å². The molecular weight excluding hydrogens is 986 g/mol. The summed E-state index contributed by atoms with van der Waals surface area (Å²) < 4.78 is 33.9. The highest BCUT2D eigenvalue weighted by molar-refractivity contribution is 7.47. The molecule has 0 saturated carbocycles. The highest BCUT2D eigenvalue weighted by Crippen LogP contribution is 2.43. The number of hydrogen-bond acceptors (Lipinski definition) is 17. The van der Waals surface area contributed by atoms with Crippen molar-refractivity contribution in [2.24, 2.45) is 0 Å². The number of nitrogens with two attached hydrogens (primary N) is 2. The zero-order chi connectivity index (χ0) is 54.7. The summed E-state index contributed by atoms with van der Waals surface area (Å²) in [6.07, 6.45) is 24.9.